The van der Waals surface area contributed by atoms with E-state index in [4.69, 9.17) is 10.5 Å². The molecule has 2 heterocycles. The fourth-order valence-electron chi connectivity index (χ4n) is 4.19. The molecular formula is C24H24F3N5O2. The zero-order valence-electron chi connectivity index (χ0n) is 18.7. The molecule has 0 radical (unpaired) electrons. The summed E-state index contributed by atoms with van der Waals surface area (Å²) < 4.78 is 45.5. The van der Waals surface area contributed by atoms with Gasteiger partial charge < -0.3 is 20.7 Å². The van der Waals surface area contributed by atoms with Gasteiger partial charge in [-0.15, -0.1) is 0 Å². The van der Waals surface area contributed by atoms with E-state index in [1.54, 1.807) is 24.8 Å². The number of benzene rings is 2. The molecule has 0 bridgehead atoms. The Balaban J connectivity index is 1.54. The molecular weight excluding hydrogens is 447 g/mol. The number of alkyl halides is 3. The predicted molar refractivity (Wildman–Crippen MR) is 123 cm³/mol. The zero-order valence-corrected chi connectivity index (χ0v) is 18.7. The Kier molecular flexibility index (Phi) is 5.26. The molecule has 1 atom stereocenters. The number of aryl methyl sites for hydroxylation is 1. The molecule has 2 aromatic carbocycles. The van der Waals surface area contributed by atoms with Crippen molar-refractivity contribution in [3.63, 3.8) is 0 Å². The first-order valence-corrected chi connectivity index (χ1v) is 11.1. The third-order valence-corrected chi connectivity index (χ3v) is 6.13. The van der Waals surface area contributed by atoms with Crippen molar-refractivity contribution in [3.05, 3.63) is 47.3 Å². The minimum atomic E-state index is -4.50. The summed E-state index contributed by atoms with van der Waals surface area (Å²) in [5.41, 5.74) is 6.62. The van der Waals surface area contributed by atoms with Gasteiger partial charge in [0.1, 0.15) is 17.4 Å². The number of nitrogens with one attached hydrogen (secondary N) is 1. The highest BCUT2D eigenvalue weighted by molar-refractivity contribution is 6.02. The summed E-state index contributed by atoms with van der Waals surface area (Å²) in [6.07, 6.45) is -2.31. The fourth-order valence-corrected chi connectivity index (χ4v) is 4.19. The SMILES string of the molecule is Cc1nc(N[C@H](C)c2cc(N)cc(C(F)(F)F)c2)c2cc3c(cc2n1)OCC(=O)N3CC1CC1. The third kappa shape index (κ3) is 4.32. The van der Waals surface area contributed by atoms with Gasteiger partial charge in [0.05, 0.1) is 22.8 Å². The molecule has 5 rings (SSSR count). The fraction of sp³-hybridized carbons (Fsp3) is 0.375. The summed E-state index contributed by atoms with van der Waals surface area (Å²) in [6, 6.07) is 6.57. The van der Waals surface area contributed by atoms with Crippen molar-refractivity contribution in [3.8, 4) is 5.75 Å². The third-order valence-electron chi connectivity index (χ3n) is 6.13. The predicted octanol–water partition coefficient (Wildman–Crippen LogP) is 4.85. The number of nitrogens with two attached hydrogens (primary N) is 1. The first-order valence-electron chi connectivity index (χ1n) is 11.1. The maximum atomic E-state index is 13.3. The molecule has 3 aromatic rings. The van der Waals surface area contributed by atoms with E-state index in [-0.39, 0.29) is 18.2 Å². The summed E-state index contributed by atoms with van der Waals surface area (Å²) >= 11 is 0. The van der Waals surface area contributed by atoms with Crippen molar-refractivity contribution in [1.82, 2.24) is 9.97 Å². The van der Waals surface area contributed by atoms with E-state index >= 15 is 0 Å². The second-order valence-electron chi connectivity index (χ2n) is 8.95. The number of nitrogen functional groups attached to an aromatic ring is 1. The quantitative estimate of drug-likeness (QED) is 0.517. The van der Waals surface area contributed by atoms with E-state index in [0.717, 1.165) is 25.0 Å². The Labute approximate surface area is 194 Å². The van der Waals surface area contributed by atoms with Gasteiger partial charge in [-0.2, -0.15) is 13.2 Å². The van der Waals surface area contributed by atoms with Crippen LogP contribution in [0.15, 0.2) is 30.3 Å². The standard InChI is InChI=1S/C24H24F3N5O2/c1-12(15-5-16(24(25,26)27)7-17(28)6-15)29-23-18-8-20-21(9-19(18)30-13(2)31-23)34-11-22(33)32(20)10-14-3-4-14/h5-9,12,14H,3-4,10-11,28H2,1-2H3,(H,29,30,31)/t12-/m1/s1. The van der Waals surface area contributed by atoms with Crippen molar-refractivity contribution in [2.24, 2.45) is 5.92 Å². The number of rotatable bonds is 5. The lowest BCUT2D eigenvalue weighted by Gasteiger charge is -2.30. The van der Waals surface area contributed by atoms with E-state index < -0.39 is 17.8 Å². The number of carbonyl (C=O) groups excluding carboxylic acids is 1. The second-order valence-corrected chi connectivity index (χ2v) is 8.95. The lowest BCUT2D eigenvalue weighted by molar-refractivity contribution is -0.137. The van der Waals surface area contributed by atoms with Gasteiger partial charge in [0, 0.05) is 23.7 Å². The summed E-state index contributed by atoms with van der Waals surface area (Å²) in [4.78, 5) is 23.3. The Hall–Kier alpha value is -3.56. The highest BCUT2D eigenvalue weighted by Crippen LogP contribution is 2.41. The van der Waals surface area contributed by atoms with Crippen molar-refractivity contribution >= 4 is 34.0 Å². The molecule has 7 nitrogen and oxygen atoms in total. The van der Waals surface area contributed by atoms with Crippen LogP contribution in [-0.2, 0) is 11.0 Å². The average molecular weight is 471 g/mol. The van der Waals surface area contributed by atoms with E-state index in [1.807, 2.05) is 6.07 Å². The highest BCUT2D eigenvalue weighted by atomic mass is 19.4. The average Bonchev–Trinajstić information content (AvgIpc) is 3.58. The maximum absolute atomic E-state index is 13.3. The van der Waals surface area contributed by atoms with Crippen LogP contribution >= 0.6 is 0 Å². The summed E-state index contributed by atoms with van der Waals surface area (Å²) in [6.45, 7) is 4.09. The van der Waals surface area contributed by atoms with Crippen LogP contribution in [-0.4, -0.2) is 29.0 Å². The zero-order chi connectivity index (χ0) is 24.2. The van der Waals surface area contributed by atoms with E-state index in [0.29, 0.717) is 52.0 Å². The molecule has 0 saturated heterocycles. The lowest BCUT2D eigenvalue weighted by atomic mass is 10.0. The number of ether oxygens (including phenoxy) is 1. The number of fused-ring (bicyclic) bond motifs is 2. The summed E-state index contributed by atoms with van der Waals surface area (Å²) in [5.74, 6) is 1.92. The van der Waals surface area contributed by atoms with Crippen molar-refractivity contribution < 1.29 is 22.7 Å². The van der Waals surface area contributed by atoms with Gasteiger partial charge in [0.2, 0.25) is 0 Å². The van der Waals surface area contributed by atoms with Gasteiger partial charge in [-0.3, -0.25) is 4.79 Å². The number of amides is 1. The molecule has 178 valence electrons. The van der Waals surface area contributed by atoms with E-state index in [2.05, 4.69) is 15.3 Å². The van der Waals surface area contributed by atoms with Gasteiger partial charge in [0.25, 0.3) is 5.91 Å². The first kappa shape index (κ1) is 22.2. The van der Waals surface area contributed by atoms with Crippen LogP contribution in [0.2, 0.25) is 0 Å². The Morgan fingerprint density at radius 3 is 2.68 bits per heavy atom. The molecule has 1 aliphatic heterocycles. The van der Waals surface area contributed by atoms with Gasteiger partial charge in [-0.25, -0.2) is 9.97 Å². The molecule has 10 heteroatoms. The summed E-state index contributed by atoms with van der Waals surface area (Å²) in [5, 5.41) is 3.86. The molecule has 1 aromatic heterocycles. The van der Waals surface area contributed by atoms with Gasteiger partial charge >= 0.3 is 6.18 Å². The number of anilines is 3. The first-order chi connectivity index (χ1) is 16.1. The lowest BCUT2D eigenvalue weighted by Crippen LogP contribution is -2.40. The molecule has 1 amide bonds. The molecule has 0 unspecified atom stereocenters. The monoisotopic (exact) mass is 471 g/mol. The Bertz CT molecular complexity index is 1290. The summed E-state index contributed by atoms with van der Waals surface area (Å²) in [7, 11) is 0. The van der Waals surface area contributed by atoms with Crippen molar-refractivity contribution in [2.75, 3.05) is 29.1 Å². The molecule has 1 aliphatic carbocycles. The van der Waals surface area contributed by atoms with Crippen molar-refractivity contribution in [2.45, 2.75) is 38.9 Å². The number of nitrogens with zero attached hydrogens (tertiary/aromatic N) is 3. The van der Waals surface area contributed by atoms with Crippen LogP contribution in [0, 0.1) is 12.8 Å². The van der Waals surface area contributed by atoms with Crippen LogP contribution in [0.25, 0.3) is 10.9 Å². The van der Waals surface area contributed by atoms with Crippen LogP contribution < -0.4 is 20.7 Å². The van der Waals surface area contributed by atoms with Crippen LogP contribution in [0.4, 0.5) is 30.4 Å². The van der Waals surface area contributed by atoms with Crippen molar-refractivity contribution in [1.29, 1.82) is 0 Å². The molecule has 0 spiro atoms. The normalized spacial score (nSPS) is 16.9. The van der Waals surface area contributed by atoms with Crippen LogP contribution in [0.1, 0.15) is 42.8 Å². The highest BCUT2D eigenvalue weighted by Gasteiger charge is 2.33. The van der Waals surface area contributed by atoms with Gasteiger partial charge in [-0.1, -0.05) is 0 Å². The van der Waals surface area contributed by atoms with Crippen LogP contribution in [0.3, 0.4) is 0 Å². The van der Waals surface area contributed by atoms with Gasteiger partial charge in [-0.05, 0) is 62.4 Å². The van der Waals surface area contributed by atoms with E-state index in [9.17, 15) is 18.0 Å². The number of hydrogen-bond acceptors (Lipinski definition) is 6. The maximum Gasteiger partial charge on any atom is 0.416 e. The number of hydrogen-bond donors (Lipinski definition) is 2. The Morgan fingerprint density at radius 2 is 1.97 bits per heavy atom. The Morgan fingerprint density at radius 1 is 1.21 bits per heavy atom. The minimum Gasteiger partial charge on any atom is -0.481 e. The molecule has 2 aliphatic rings. The molecule has 34 heavy (non-hydrogen) atoms. The second kappa shape index (κ2) is 8.03. The minimum absolute atomic E-state index is 0.0194. The number of carbonyl (C=O) groups is 1. The molecule has 1 fully saturated rings. The largest absolute Gasteiger partial charge is 0.481 e. The van der Waals surface area contributed by atoms with Crippen LogP contribution in [0.5, 0.6) is 5.75 Å². The number of halogens is 3. The topological polar surface area (TPSA) is 93.4 Å². The molecule has 1 saturated carbocycles. The van der Waals surface area contributed by atoms with Gasteiger partial charge in [0.15, 0.2) is 6.61 Å². The van der Waals surface area contributed by atoms with E-state index in [1.165, 1.54) is 6.07 Å². The smallest absolute Gasteiger partial charge is 0.416 e. The number of aromatic nitrogens is 2. The molecule has 3 N–H and O–H groups in total.